The van der Waals surface area contributed by atoms with Crippen molar-refractivity contribution < 1.29 is 23.8 Å². The molecule has 21 heavy (non-hydrogen) atoms. The number of hydrogen-bond acceptors (Lipinski definition) is 5. The molecule has 0 spiro atoms. The van der Waals surface area contributed by atoms with E-state index < -0.39 is 17.7 Å². The Morgan fingerprint density at radius 3 is 2.29 bits per heavy atom. The summed E-state index contributed by atoms with van der Waals surface area (Å²) in [6.07, 6.45) is -0.674. The minimum absolute atomic E-state index is 0.102. The molecule has 1 aromatic carbocycles. The molecule has 0 aliphatic carbocycles. The molecule has 1 rings (SSSR count). The van der Waals surface area contributed by atoms with Gasteiger partial charge in [-0.1, -0.05) is 18.2 Å². The van der Waals surface area contributed by atoms with Gasteiger partial charge in [0, 0.05) is 0 Å². The Kier molecular flexibility index (Phi) is 6.37. The van der Waals surface area contributed by atoms with Gasteiger partial charge < -0.3 is 14.2 Å². The highest BCUT2D eigenvalue weighted by Crippen LogP contribution is 2.16. The second kappa shape index (κ2) is 7.78. The summed E-state index contributed by atoms with van der Waals surface area (Å²) >= 11 is 0. The van der Waals surface area contributed by atoms with Crippen molar-refractivity contribution in [3.63, 3.8) is 0 Å². The molecule has 0 fully saturated rings. The van der Waals surface area contributed by atoms with Crippen molar-refractivity contribution in [2.45, 2.75) is 34.0 Å². The average molecular weight is 294 g/mol. The SMILES string of the molecule is CC(OCCOC(=O)c1ccccc1)OC(=O)C(C)(C)C. The number of ether oxygens (including phenoxy) is 3. The van der Waals surface area contributed by atoms with E-state index in [4.69, 9.17) is 14.2 Å². The van der Waals surface area contributed by atoms with E-state index in [2.05, 4.69) is 0 Å². The van der Waals surface area contributed by atoms with E-state index >= 15 is 0 Å². The standard InChI is InChI=1S/C16H22O5/c1-12(21-15(18)16(2,3)4)19-10-11-20-14(17)13-8-6-5-7-9-13/h5-9,12H,10-11H2,1-4H3. The van der Waals surface area contributed by atoms with Gasteiger partial charge in [-0.05, 0) is 39.8 Å². The average Bonchev–Trinajstić information content (AvgIpc) is 2.43. The zero-order valence-corrected chi connectivity index (χ0v) is 12.9. The number of hydrogen-bond donors (Lipinski definition) is 0. The first kappa shape index (κ1) is 17.2. The fraction of sp³-hybridized carbons (Fsp3) is 0.500. The molecule has 0 aliphatic rings. The lowest BCUT2D eigenvalue weighted by atomic mass is 9.97. The first-order valence-electron chi connectivity index (χ1n) is 6.85. The van der Waals surface area contributed by atoms with Gasteiger partial charge in [-0.3, -0.25) is 4.79 Å². The molecule has 1 atom stereocenters. The second-order valence-electron chi connectivity index (χ2n) is 5.60. The molecule has 5 nitrogen and oxygen atoms in total. The quantitative estimate of drug-likeness (QED) is 0.458. The molecule has 0 saturated heterocycles. The molecule has 0 radical (unpaired) electrons. The number of rotatable bonds is 6. The Bertz CT molecular complexity index is 461. The maximum Gasteiger partial charge on any atom is 0.338 e. The summed E-state index contributed by atoms with van der Waals surface area (Å²) in [4.78, 5) is 23.2. The van der Waals surface area contributed by atoms with Crippen LogP contribution in [-0.2, 0) is 19.0 Å². The smallest absolute Gasteiger partial charge is 0.338 e. The number of esters is 2. The van der Waals surface area contributed by atoms with Crippen LogP contribution in [0.1, 0.15) is 38.1 Å². The van der Waals surface area contributed by atoms with Gasteiger partial charge in [-0.25, -0.2) is 4.79 Å². The zero-order chi connectivity index (χ0) is 15.9. The lowest BCUT2D eigenvalue weighted by Gasteiger charge is -2.20. The third-order valence-corrected chi connectivity index (χ3v) is 2.56. The van der Waals surface area contributed by atoms with E-state index in [1.54, 1.807) is 52.0 Å². The van der Waals surface area contributed by atoms with Crippen molar-refractivity contribution in [2.24, 2.45) is 5.41 Å². The Morgan fingerprint density at radius 1 is 1.10 bits per heavy atom. The van der Waals surface area contributed by atoms with Crippen molar-refractivity contribution in [1.29, 1.82) is 0 Å². The van der Waals surface area contributed by atoms with Gasteiger partial charge in [0.1, 0.15) is 6.61 Å². The van der Waals surface area contributed by atoms with E-state index in [-0.39, 0.29) is 19.2 Å². The van der Waals surface area contributed by atoms with Crippen LogP contribution in [0.15, 0.2) is 30.3 Å². The minimum atomic E-state index is -0.674. The first-order chi connectivity index (χ1) is 9.80. The molecule has 0 aromatic heterocycles. The van der Waals surface area contributed by atoms with Crippen LogP contribution in [0.3, 0.4) is 0 Å². The Balaban J connectivity index is 2.22. The number of benzene rings is 1. The molecular weight excluding hydrogens is 272 g/mol. The predicted octanol–water partition coefficient (Wildman–Crippen LogP) is 2.80. The van der Waals surface area contributed by atoms with Crippen LogP contribution in [-0.4, -0.2) is 31.4 Å². The Labute approximate surface area is 125 Å². The van der Waals surface area contributed by atoms with E-state index in [1.807, 2.05) is 6.07 Å². The third-order valence-electron chi connectivity index (χ3n) is 2.56. The van der Waals surface area contributed by atoms with Gasteiger partial charge in [-0.15, -0.1) is 0 Å². The lowest BCUT2D eigenvalue weighted by molar-refractivity contribution is -0.185. The van der Waals surface area contributed by atoms with E-state index in [0.717, 1.165) is 0 Å². The zero-order valence-electron chi connectivity index (χ0n) is 12.9. The highest BCUT2D eigenvalue weighted by molar-refractivity contribution is 5.89. The van der Waals surface area contributed by atoms with Crippen molar-refractivity contribution in [3.05, 3.63) is 35.9 Å². The van der Waals surface area contributed by atoms with Gasteiger partial charge in [0.2, 0.25) is 0 Å². The van der Waals surface area contributed by atoms with Gasteiger partial charge >= 0.3 is 11.9 Å². The topological polar surface area (TPSA) is 61.8 Å². The summed E-state index contributed by atoms with van der Waals surface area (Å²) < 4.78 is 15.4. The van der Waals surface area contributed by atoms with Gasteiger partial charge in [0.15, 0.2) is 6.29 Å². The van der Waals surface area contributed by atoms with Crippen LogP contribution >= 0.6 is 0 Å². The fourth-order valence-corrected chi connectivity index (χ4v) is 1.37. The highest BCUT2D eigenvalue weighted by Gasteiger charge is 2.25. The molecule has 0 aliphatic heterocycles. The van der Waals surface area contributed by atoms with Gasteiger partial charge in [-0.2, -0.15) is 0 Å². The van der Waals surface area contributed by atoms with E-state index in [1.165, 1.54) is 0 Å². The van der Waals surface area contributed by atoms with Gasteiger partial charge in [0.25, 0.3) is 0 Å². The molecule has 116 valence electrons. The molecule has 0 amide bonds. The molecule has 0 saturated carbocycles. The van der Waals surface area contributed by atoms with Crippen molar-refractivity contribution in [3.8, 4) is 0 Å². The van der Waals surface area contributed by atoms with Crippen molar-refractivity contribution in [1.82, 2.24) is 0 Å². The molecule has 0 heterocycles. The van der Waals surface area contributed by atoms with Crippen molar-refractivity contribution >= 4 is 11.9 Å². The maximum absolute atomic E-state index is 11.6. The van der Waals surface area contributed by atoms with Crippen LogP contribution in [0.5, 0.6) is 0 Å². The van der Waals surface area contributed by atoms with Gasteiger partial charge in [0.05, 0.1) is 17.6 Å². The van der Waals surface area contributed by atoms with E-state index in [9.17, 15) is 9.59 Å². The summed E-state index contributed by atoms with van der Waals surface area (Å²) in [6.45, 7) is 7.20. The first-order valence-corrected chi connectivity index (χ1v) is 6.85. The summed E-state index contributed by atoms with van der Waals surface area (Å²) in [5.74, 6) is -0.741. The number of carbonyl (C=O) groups is 2. The number of carbonyl (C=O) groups excluding carboxylic acids is 2. The summed E-state index contributed by atoms with van der Waals surface area (Å²) in [6, 6.07) is 8.71. The normalized spacial score (nSPS) is 12.6. The molecule has 5 heteroatoms. The van der Waals surface area contributed by atoms with Crippen molar-refractivity contribution in [2.75, 3.05) is 13.2 Å². The minimum Gasteiger partial charge on any atom is -0.460 e. The van der Waals surface area contributed by atoms with Crippen LogP contribution < -0.4 is 0 Å². The third kappa shape index (κ3) is 6.40. The molecule has 1 aromatic rings. The summed E-state index contributed by atoms with van der Waals surface area (Å²) in [7, 11) is 0. The second-order valence-corrected chi connectivity index (χ2v) is 5.60. The van der Waals surface area contributed by atoms with Crippen LogP contribution in [0.25, 0.3) is 0 Å². The van der Waals surface area contributed by atoms with Crippen LogP contribution in [0.2, 0.25) is 0 Å². The lowest BCUT2D eigenvalue weighted by Crippen LogP contribution is -2.29. The van der Waals surface area contributed by atoms with E-state index in [0.29, 0.717) is 5.56 Å². The Morgan fingerprint density at radius 2 is 1.71 bits per heavy atom. The molecule has 0 bridgehead atoms. The molecular formula is C16H22O5. The fourth-order valence-electron chi connectivity index (χ4n) is 1.37. The largest absolute Gasteiger partial charge is 0.460 e. The monoisotopic (exact) mass is 294 g/mol. The van der Waals surface area contributed by atoms with Crippen LogP contribution in [0.4, 0.5) is 0 Å². The summed E-state index contributed by atoms with van der Waals surface area (Å²) in [5, 5.41) is 0. The summed E-state index contributed by atoms with van der Waals surface area (Å²) in [5.41, 5.74) is -0.0816. The maximum atomic E-state index is 11.6. The van der Waals surface area contributed by atoms with Crippen LogP contribution in [0, 0.1) is 5.41 Å². The highest BCUT2D eigenvalue weighted by atomic mass is 16.7. The molecule has 0 N–H and O–H groups in total. The Hall–Kier alpha value is -1.88. The predicted molar refractivity (Wildman–Crippen MR) is 77.7 cm³/mol. The molecule has 1 unspecified atom stereocenters.